The van der Waals surface area contributed by atoms with Crippen LogP contribution in [0.3, 0.4) is 0 Å². The molecule has 2 saturated carbocycles. The molecule has 2 fully saturated rings. The number of hydrogen-bond donors (Lipinski definition) is 1. The van der Waals surface area contributed by atoms with Crippen LogP contribution in [0, 0.1) is 25.7 Å². The number of rotatable bonds is 6. The number of hydrogen-bond acceptors (Lipinski definition) is 1. The van der Waals surface area contributed by atoms with Gasteiger partial charge in [-0.25, -0.2) is 0 Å². The van der Waals surface area contributed by atoms with E-state index in [9.17, 15) is 0 Å². The lowest BCUT2D eigenvalue weighted by atomic mass is 10.1. The second kappa shape index (κ2) is 4.73. The average molecular weight is 246 g/mol. The van der Waals surface area contributed by atoms with Gasteiger partial charge in [-0.2, -0.15) is 0 Å². The maximum atomic E-state index is 3.85. The molecule has 0 aromatic carbocycles. The Hall–Kier alpha value is -0.760. The van der Waals surface area contributed by atoms with Crippen molar-refractivity contribution < 1.29 is 0 Å². The molecule has 0 spiro atoms. The van der Waals surface area contributed by atoms with Crippen molar-refractivity contribution in [1.82, 2.24) is 9.88 Å². The van der Waals surface area contributed by atoms with Gasteiger partial charge in [-0.1, -0.05) is 0 Å². The summed E-state index contributed by atoms with van der Waals surface area (Å²) in [5, 5.41) is 3.85. The quantitative estimate of drug-likeness (QED) is 0.814. The Bertz CT molecular complexity index is 413. The van der Waals surface area contributed by atoms with Gasteiger partial charge in [0.15, 0.2) is 0 Å². The maximum Gasteiger partial charge on any atom is 0.0226 e. The number of aromatic nitrogens is 1. The summed E-state index contributed by atoms with van der Waals surface area (Å²) < 4.78 is 2.42. The van der Waals surface area contributed by atoms with Crippen molar-refractivity contribution in [2.45, 2.75) is 65.6 Å². The molecular formula is C16H26N2. The SMILES string of the molecule is CCn1c(C)cc(CNC(C2CC2)C2CC2)c1C. The van der Waals surface area contributed by atoms with E-state index >= 15 is 0 Å². The first kappa shape index (κ1) is 12.3. The Balaban J connectivity index is 1.65. The zero-order chi connectivity index (χ0) is 12.7. The molecule has 1 N–H and O–H groups in total. The number of nitrogens with one attached hydrogen (secondary N) is 1. The van der Waals surface area contributed by atoms with E-state index in [0.717, 1.165) is 31.0 Å². The lowest BCUT2D eigenvalue weighted by molar-refractivity contribution is 0.415. The molecule has 1 aromatic heterocycles. The molecule has 2 aliphatic carbocycles. The summed E-state index contributed by atoms with van der Waals surface area (Å²) in [6, 6.07) is 3.18. The molecule has 0 amide bonds. The maximum absolute atomic E-state index is 3.85. The minimum Gasteiger partial charge on any atom is -0.349 e. The van der Waals surface area contributed by atoms with E-state index in [1.54, 1.807) is 0 Å². The molecule has 1 heterocycles. The van der Waals surface area contributed by atoms with Crippen molar-refractivity contribution in [1.29, 1.82) is 0 Å². The Morgan fingerprint density at radius 3 is 2.28 bits per heavy atom. The van der Waals surface area contributed by atoms with Gasteiger partial charge in [-0.05, 0) is 69.9 Å². The van der Waals surface area contributed by atoms with Crippen LogP contribution in [0.25, 0.3) is 0 Å². The summed E-state index contributed by atoms with van der Waals surface area (Å²) in [5.74, 6) is 1.99. The molecule has 0 unspecified atom stereocenters. The standard InChI is InChI=1S/C16H26N2/c1-4-18-11(2)9-15(12(18)3)10-17-16(13-5-6-13)14-7-8-14/h9,13-14,16-17H,4-8,10H2,1-3H3. The lowest BCUT2D eigenvalue weighted by Crippen LogP contribution is -2.32. The van der Waals surface area contributed by atoms with Crippen molar-refractivity contribution >= 4 is 0 Å². The summed E-state index contributed by atoms with van der Waals surface area (Å²) in [4.78, 5) is 0. The van der Waals surface area contributed by atoms with Crippen LogP contribution in [0.4, 0.5) is 0 Å². The van der Waals surface area contributed by atoms with Crippen LogP contribution < -0.4 is 5.32 Å². The molecule has 0 aliphatic heterocycles. The summed E-state index contributed by atoms with van der Waals surface area (Å²) in [7, 11) is 0. The highest BCUT2D eigenvalue weighted by Crippen LogP contribution is 2.44. The molecule has 1 aromatic rings. The van der Waals surface area contributed by atoms with E-state index in [-0.39, 0.29) is 0 Å². The van der Waals surface area contributed by atoms with Gasteiger partial charge < -0.3 is 9.88 Å². The second-order valence-electron chi connectivity index (χ2n) is 6.22. The monoisotopic (exact) mass is 246 g/mol. The predicted octanol–water partition coefficient (Wildman–Crippen LogP) is 3.40. The highest BCUT2D eigenvalue weighted by molar-refractivity contribution is 5.26. The van der Waals surface area contributed by atoms with Crippen molar-refractivity contribution in [3.63, 3.8) is 0 Å². The van der Waals surface area contributed by atoms with Crippen molar-refractivity contribution in [3.05, 3.63) is 23.0 Å². The van der Waals surface area contributed by atoms with E-state index in [4.69, 9.17) is 0 Å². The van der Waals surface area contributed by atoms with Gasteiger partial charge >= 0.3 is 0 Å². The van der Waals surface area contributed by atoms with Crippen LogP contribution in [-0.4, -0.2) is 10.6 Å². The summed E-state index contributed by atoms with van der Waals surface area (Å²) in [5.41, 5.74) is 4.36. The van der Waals surface area contributed by atoms with E-state index in [0.29, 0.717) is 0 Å². The molecule has 0 bridgehead atoms. The molecule has 2 aliphatic rings. The van der Waals surface area contributed by atoms with E-state index < -0.39 is 0 Å². The fourth-order valence-corrected chi connectivity index (χ4v) is 3.39. The first-order chi connectivity index (χ1) is 8.70. The minimum atomic E-state index is 0.815. The average Bonchev–Trinajstić information content (AvgIpc) is 3.22. The summed E-state index contributed by atoms with van der Waals surface area (Å²) in [6.45, 7) is 8.87. The Labute approximate surface area is 111 Å². The van der Waals surface area contributed by atoms with Gasteiger partial charge in [-0.3, -0.25) is 0 Å². The van der Waals surface area contributed by atoms with Gasteiger partial charge in [0.2, 0.25) is 0 Å². The third kappa shape index (κ3) is 2.35. The van der Waals surface area contributed by atoms with Gasteiger partial charge in [0.05, 0.1) is 0 Å². The zero-order valence-corrected chi connectivity index (χ0v) is 12.0. The Kier molecular flexibility index (Phi) is 3.23. The fraction of sp³-hybridized carbons (Fsp3) is 0.750. The summed E-state index contributed by atoms with van der Waals surface area (Å²) >= 11 is 0. The van der Waals surface area contributed by atoms with E-state index in [2.05, 4.69) is 36.7 Å². The van der Waals surface area contributed by atoms with Crippen molar-refractivity contribution in [2.75, 3.05) is 0 Å². The van der Waals surface area contributed by atoms with Gasteiger partial charge in [0, 0.05) is 30.5 Å². The topological polar surface area (TPSA) is 17.0 Å². The molecular weight excluding hydrogens is 220 g/mol. The number of aryl methyl sites for hydroxylation is 1. The first-order valence-electron chi connectivity index (χ1n) is 7.59. The minimum absolute atomic E-state index is 0.815. The largest absolute Gasteiger partial charge is 0.349 e. The number of nitrogens with zero attached hydrogens (tertiary/aromatic N) is 1. The van der Waals surface area contributed by atoms with Crippen LogP contribution in [-0.2, 0) is 13.1 Å². The van der Waals surface area contributed by atoms with Gasteiger partial charge in [-0.15, -0.1) is 0 Å². The third-order valence-corrected chi connectivity index (χ3v) is 4.78. The van der Waals surface area contributed by atoms with Crippen LogP contribution in [0.2, 0.25) is 0 Å². The second-order valence-corrected chi connectivity index (χ2v) is 6.22. The smallest absolute Gasteiger partial charge is 0.0226 e. The molecule has 0 radical (unpaired) electrons. The molecule has 0 saturated heterocycles. The van der Waals surface area contributed by atoms with Crippen molar-refractivity contribution in [2.24, 2.45) is 11.8 Å². The third-order valence-electron chi connectivity index (χ3n) is 4.78. The molecule has 2 heteroatoms. The van der Waals surface area contributed by atoms with Crippen LogP contribution in [0.5, 0.6) is 0 Å². The predicted molar refractivity (Wildman–Crippen MR) is 75.7 cm³/mol. The van der Waals surface area contributed by atoms with E-state index in [1.807, 2.05) is 0 Å². The van der Waals surface area contributed by atoms with Gasteiger partial charge in [0.1, 0.15) is 0 Å². The lowest BCUT2D eigenvalue weighted by Gasteiger charge is -2.17. The molecule has 0 atom stereocenters. The van der Waals surface area contributed by atoms with Crippen LogP contribution in [0.1, 0.15) is 49.6 Å². The Morgan fingerprint density at radius 1 is 1.22 bits per heavy atom. The Morgan fingerprint density at radius 2 is 1.83 bits per heavy atom. The summed E-state index contributed by atoms with van der Waals surface area (Å²) in [6.07, 6.45) is 5.84. The molecule has 100 valence electrons. The van der Waals surface area contributed by atoms with Crippen LogP contribution >= 0.6 is 0 Å². The van der Waals surface area contributed by atoms with E-state index in [1.165, 1.54) is 42.6 Å². The molecule has 3 rings (SSSR count). The zero-order valence-electron chi connectivity index (χ0n) is 12.0. The highest BCUT2D eigenvalue weighted by Gasteiger charge is 2.40. The molecule has 2 nitrogen and oxygen atoms in total. The first-order valence-corrected chi connectivity index (χ1v) is 7.59. The highest BCUT2D eigenvalue weighted by atomic mass is 15.0. The molecule has 18 heavy (non-hydrogen) atoms. The van der Waals surface area contributed by atoms with Gasteiger partial charge in [0.25, 0.3) is 0 Å². The van der Waals surface area contributed by atoms with Crippen molar-refractivity contribution in [3.8, 4) is 0 Å². The fourth-order valence-electron chi connectivity index (χ4n) is 3.39. The van der Waals surface area contributed by atoms with Crippen LogP contribution in [0.15, 0.2) is 6.07 Å². The normalized spacial score (nSPS) is 19.8.